The smallest absolute Gasteiger partial charge is 0.233 e. The molecule has 0 fully saturated rings. The molecule has 0 saturated heterocycles. The molecule has 0 rings (SSSR count). The van der Waals surface area contributed by atoms with E-state index in [0.29, 0.717) is 19.6 Å². The van der Waals surface area contributed by atoms with Crippen LogP contribution in [0.15, 0.2) is 5.16 Å². The molecule has 0 radical (unpaired) electrons. The quantitative estimate of drug-likeness (QED) is 0.148. The number of oxime groups is 1. The summed E-state index contributed by atoms with van der Waals surface area (Å²) in [6.07, 6.45) is 0.542. The lowest BCUT2D eigenvalue weighted by atomic mass is 9.85. The van der Waals surface area contributed by atoms with E-state index in [1.54, 1.807) is 21.0 Å². The average molecular weight is 288 g/mol. The first kappa shape index (κ1) is 18.2. The van der Waals surface area contributed by atoms with Gasteiger partial charge in [0, 0.05) is 26.6 Å². The zero-order valence-electron chi connectivity index (χ0n) is 12.2. The zero-order chi connectivity index (χ0) is 15.6. The molecule has 20 heavy (non-hydrogen) atoms. The minimum atomic E-state index is -1.08. The van der Waals surface area contributed by atoms with Gasteiger partial charge in [-0.3, -0.25) is 9.59 Å². The van der Waals surface area contributed by atoms with Gasteiger partial charge in [0.15, 0.2) is 5.84 Å². The summed E-state index contributed by atoms with van der Waals surface area (Å²) < 4.78 is 4.80. The molecule has 8 heteroatoms. The van der Waals surface area contributed by atoms with Crippen molar-refractivity contribution in [2.24, 2.45) is 16.3 Å². The van der Waals surface area contributed by atoms with Gasteiger partial charge in [-0.25, -0.2) is 0 Å². The van der Waals surface area contributed by atoms with Crippen molar-refractivity contribution in [3.63, 3.8) is 0 Å². The van der Waals surface area contributed by atoms with Gasteiger partial charge in [-0.15, -0.1) is 0 Å². The van der Waals surface area contributed by atoms with Crippen LogP contribution < -0.4 is 16.4 Å². The van der Waals surface area contributed by atoms with Crippen molar-refractivity contribution in [2.75, 3.05) is 26.8 Å². The molecule has 0 aromatic heterocycles. The first-order chi connectivity index (χ1) is 9.42. The van der Waals surface area contributed by atoms with Gasteiger partial charge in [0.2, 0.25) is 11.8 Å². The number of rotatable bonds is 9. The molecule has 0 spiro atoms. The monoisotopic (exact) mass is 288 g/mol. The zero-order valence-corrected chi connectivity index (χ0v) is 12.2. The number of hydrogen-bond donors (Lipinski definition) is 4. The van der Waals surface area contributed by atoms with Crippen LogP contribution in [0, 0.1) is 5.41 Å². The molecule has 0 aliphatic carbocycles. The van der Waals surface area contributed by atoms with Crippen LogP contribution in [0.2, 0.25) is 0 Å². The number of nitrogens with one attached hydrogen (secondary N) is 2. The summed E-state index contributed by atoms with van der Waals surface area (Å²) in [6.45, 7) is 4.40. The van der Waals surface area contributed by atoms with Crippen LogP contribution in [0.25, 0.3) is 0 Å². The lowest BCUT2D eigenvalue weighted by molar-refractivity contribution is -0.127. The molecule has 0 bridgehead atoms. The Hall–Kier alpha value is -1.83. The highest BCUT2D eigenvalue weighted by Gasteiger charge is 2.36. The summed E-state index contributed by atoms with van der Waals surface area (Å²) in [7, 11) is 1.55. The van der Waals surface area contributed by atoms with Crippen molar-refractivity contribution < 1.29 is 19.5 Å². The van der Waals surface area contributed by atoms with E-state index in [9.17, 15) is 9.59 Å². The highest BCUT2D eigenvalue weighted by atomic mass is 16.5. The van der Waals surface area contributed by atoms with Crippen molar-refractivity contribution in [1.82, 2.24) is 10.6 Å². The van der Waals surface area contributed by atoms with Crippen molar-refractivity contribution >= 4 is 17.6 Å². The second kappa shape index (κ2) is 9.13. The average Bonchev–Trinajstić information content (AvgIpc) is 2.45. The predicted molar refractivity (Wildman–Crippen MR) is 74.3 cm³/mol. The van der Waals surface area contributed by atoms with Crippen LogP contribution in [0.4, 0.5) is 0 Å². The van der Waals surface area contributed by atoms with Crippen molar-refractivity contribution in [2.45, 2.75) is 26.7 Å². The van der Waals surface area contributed by atoms with Gasteiger partial charge in [-0.05, 0) is 13.3 Å². The molecule has 0 heterocycles. The Morgan fingerprint density at radius 3 is 2.50 bits per heavy atom. The molecular weight excluding hydrogens is 264 g/mol. The van der Waals surface area contributed by atoms with Gasteiger partial charge in [0.05, 0.1) is 6.61 Å². The van der Waals surface area contributed by atoms with E-state index < -0.39 is 5.41 Å². The van der Waals surface area contributed by atoms with E-state index in [1.165, 1.54) is 0 Å². The highest BCUT2D eigenvalue weighted by Crippen LogP contribution is 2.21. The molecule has 5 N–H and O–H groups in total. The summed E-state index contributed by atoms with van der Waals surface area (Å²) in [5, 5.41) is 16.8. The normalized spacial score (nSPS) is 14.4. The van der Waals surface area contributed by atoms with Crippen molar-refractivity contribution in [1.29, 1.82) is 0 Å². The van der Waals surface area contributed by atoms with Crippen molar-refractivity contribution in [3.8, 4) is 0 Å². The predicted octanol–water partition coefficient (Wildman–Crippen LogP) is -0.582. The topological polar surface area (TPSA) is 126 Å². The number of methoxy groups -OCH3 is 1. The summed E-state index contributed by atoms with van der Waals surface area (Å²) in [6, 6.07) is 0. The lowest BCUT2D eigenvalue weighted by Gasteiger charge is -2.25. The molecule has 1 unspecified atom stereocenters. The number of nitrogens with zero attached hydrogens (tertiary/aromatic N) is 1. The van der Waals surface area contributed by atoms with Gasteiger partial charge >= 0.3 is 0 Å². The summed E-state index contributed by atoms with van der Waals surface area (Å²) in [4.78, 5) is 23.4. The Labute approximate surface area is 118 Å². The highest BCUT2D eigenvalue weighted by molar-refractivity contribution is 6.06. The molecule has 8 nitrogen and oxygen atoms in total. The number of amides is 2. The minimum absolute atomic E-state index is 0.151. The Morgan fingerprint density at radius 2 is 2.00 bits per heavy atom. The maximum Gasteiger partial charge on any atom is 0.233 e. The number of amidine groups is 1. The van der Waals surface area contributed by atoms with E-state index >= 15 is 0 Å². The van der Waals surface area contributed by atoms with Crippen molar-refractivity contribution in [3.05, 3.63) is 0 Å². The van der Waals surface area contributed by atoms with E-state index in [-0.39, 0.29) is 30.6 Å². The summed E-state index contributed by atoms with van der Waals surface area (Å²) >= 11 is 0. The number of hydrogen-bond acceptors (Lipinski definition) is 5. The van der Waals surface area contributed by atoms with Crippen LogP contribution in [-0.2, 0) is 14.3 Å². The molecule has 0 saturated carbocycles. The number of carbonyl (C=O) groups is 2. The SMILES string of the molecule is CCC(C)(C(=O)NCCC(=O)NCCOC)C(N)=NO. The molecule has 0 aromatic rings. The molecule has 116 valence electrons. The van der Waals surface area contributed by atoms with Crippen LogP contribution in [0.5, 0.6) is 0 Å². The molecule has 1 atom stereocenters. The summed E-state index contributed by atoms with van der Waals surface area (Å²) in [5.74, 6) is -0.702. The number of nitrogens with two attached hydrogens (primary N) is 1. The van der Waals surface area contributed by atoms with E-state index in [2.05, 4.69) is 15.8 Å². The number of ether oxygens (including phenoxy) is 1. The fourth-order valence-corrected chi connectivity index (χ4v) is 1.43. The van der Waals surface area contributed by atoms with Gasteiger partial charge in [-0.1, -0.05) is 12.1 Å². The minimum Gasteiger partial charge on any atom is -0.409 e. The fraction of sp³-hybridized carbons (Fsp3) is 0.750. The third-order valence-electron chi connectivity index (χ3n) is 3.15. The van der Waals surface area contributed by atoms with Crippen LogP contribution in [0.1, 0.15) is 26.7 Å². The molecule has 0 aliphatic rings. The Bertz CT molecular complexity index is 359. The molecular formula is C12H24N4O4. The lowest BCUT2D eigenvalue weighted by Crippen LogP contribution is -2.48. The molecule has 0 aliphatic heterocycles. The maximum atomic E-state index is 12.0. The third-order valence-corrected chi connectivity index (χ3v) is 3.15. The van der Waals surface area contributed by atoms with Crippen LogP contribution >= 0.6 is 0 Å². The first-order valence-corrected chi connectivity index (χ1v) is 6.44. The van der Waals surface area contributed by atoms with Gasteiger partial charge in [-0.2, -0.15) is 0 Å². The van der Waals surface area contributed by atoms with Gasteiger partial charge < -0.3 is 26.3 Å². The first-order valence-electron chi connectivity index (χ1n) is 6.44. The Kier molecular flexibility index (Phi) is 8.30. The van der Waals surface area contributed by atoms with Gasteiger partial charge in [0.1, 0.15) is 5.41 Å². The van der Waals surface area contributed by atoms with E-state index in [0.717, 1.165) is 0 Å². The third kappa shape index (κ3) is 5.43. The Balaban J connectivity index is 4.19. The molecule has 0 aromatic carbocycles. The second-order valence-electron chi connectivity index (χ2n) is 4.52. The van der Waals surface area contributed by atoms with E-state index in [4.69, 9.17) is 15.7 Å². The second-order valence-corrected chi connectivity index (χ2v) is 4.52. The number of carbonyl (C=O) groups excluding carboxylic acids is 2. The maximum absolute atomic E-state index is 12.0. The van der Waals surface area contributed by atoms with Crippen LogP contribution in [0.3, 0.4) is 0 Å². The molecule has 2 amide bonds. The standard InChI is InChI=1S/C12H24N4O4/c1-4-12(2,10(13)16-19)11(18)15-6-5-9(17)14-7-8-20-3/h19H,4-8H2,1-3H3,(H2,13,16)(H,14,17)(H,15,18). The van der Waals surface area contributed by atoms with E-state index in [1.807, 2.05) is 0 Å². The van der Waals surface area contributed by atoms with Crippen LogP contribution in [-0.4, -0.2) is 49.7 Å². The fourth-order valence-electron chi connectivity index (χ4n) is 1.43. The Morgan fingerprint density at radius 1 is 1.35 bits per heavy atom. The largest absolute Gasteiger partial charge is 0.409 e. The summed E-state index contributed by atoms with van der Waals surface area (Å²) in [5.41, 5.74) is 4.44. The van der Waals surface area contributed by atoms with Gasteiger partial charge in [0.25, 0.3) is 0 Å².